The quantitative estimate of drug-likeness (QED) is 0.149. The van der Waals surface area contributed by atoms with E-state index < -0.39 is 0 Å². The molecule has 0 amide bonds. The number of hydrogen-bond acceptors (Lipinski definition) is 6. The van der Waals surface area contributed by atoms with Crippen molar-refractivity contribution in [3.8, 4) is 17.0 Å². The monoisotopic (exact) mass is 443 g/mol. The Labute approximate surface area is 190 Å². The minimum atomic E-state index is 0.477. The second kappa shape index (κ2) is 12.1. The average molecular weight is 444 g/mol. The second-order valence-corrected chi connectivity index (χ2v) is 7.29. The molecule has 4 N–H and O–H groups in total. The molecule has 168 valence electrons. The first-order valence-electron chi connectivity index (χ1n) is 10.3. The highest BCUT2D eigenvalue weighted by atomic mass is 32.1. The maximum Gasteiger partial charge on any atom is 0.186 e. The fourth-order valence-electron chi connectivity index (χ4n) is 3.00. The van der Waals surface area contributed by atoms with E-state index in [9.17, 15) is 0 Å². The predicted molar refractivity (Wildman–Crippen MR) is 133 cm³/mol. The molecule has 0 unspecified atom stereocenters. The zero-order chi connectivity index (χ0) is 22.8. The molecule has 0 aliphatic heterocycles. The molecular formula is C22H33N7OS. The summed E-state index contributed by atoms with van der Waals surface area (Å²) in [5.41, 5.74) is 11.7. The Morgan fingerprint density at radius 1 is 1.13 bits per heavy atom. The molecule has 2 aromatic rings. The van der Waals surface area contributed by atoms with Crippen molar-refractivity contribution in [3.05, 3.63) is 41.6 Å². The molecule has 1 aromatic carbocycles. The molecule has 0 fully saturated rings. The third-order valence-corrected chi connectivity index (χ3v) is 5.06. The maximum atomic E-state index is 5.28. The van der Waals surface area contributed by atoms with E-state index in [0.29, 0.717) is 11.8 Å². The van der Waals surface area contributed by atoms with E-state index in [0.717, 1.165) is 52.8 Å². The summed E-state index contributed by atoms with van der Waals surface area (Å²) in [6, 6.07) is 10.2. The van der Waals surface area contributed by atoms with Gasteiger partial charge < -0.3 is 14.6 Å². The maximum absolute atomic E-state index is 5.28. The van der Waals surface area contributed by atoms with Gasteiger partial charge >= 0.3 is 0 Å². The Bertz CT molecular complexity index is 932. The van der Waals surface area contributed by atoms with Crippen LogP contribution in [0.4, 0.5) is 0 Å². The van der Waals surface area contributed by atoms with Crippen LogP contribution in [0, 0.1) is 6.92 Å². The molecular weight excluding hydrogens is 410 g/mol. The first-order chi connectivity index (χ1) is 14.9. The van der Waals surface area contributed by atoms with Crippen LogP contribution in [-0.4, -0.2) is 48.0 Å². The van der Waals surface area contributed by atoms with Crippen molar-refractivity contribution in [2.75, 3.05) is 26.9 Å². The van der Waals surface area contributed by atoms with Crippen LogP contribution in [0.3, 0.4) is 0 Å². The van der Waals surface area contributed by atoms with Crippen LogP contribution in [0.2, 0.25) is 0 Å². The summed E-state index contributed by atoms with van der Waals surface area (Å²) >= 11 is 5.22. The van der Waals surface area contributed by atoms with E-state index in [1.54, 1.807) is 7.11 Å². The van der Waals surface area contributed by atoms with Crippen LogP contribution >= 0.6 is 12.2 Å². The lowest BCUT2D eigenvalue weighted by molar-refractivity contribution is 0.415. The van der Waals surface area contributed by atoms with Crippen LogP contribution in [-0.2, 0) is 7.05 Å². The number of hydrogen-bond donors (Lipinski definition) is 4. The van der Waals surface area contributed by atoms with E-state index in [1.165, 1.54) is 0 Å². The zero-order valence-electron chi connectivity index (χ0n) is 19.2. The Balaban J connectivity index is 2.42. The highest BCUT2D eigenvalue weighted by Crippen LogP contribution is 2.27. The lowest BCUT2D eigenvalue weighted by atomic mass is 10.1. The van der Waals surface area contributed by atoms with Gasteiger partial charge in [-0.15, -0.1) is 0 Å². The molecule has 0 radical (unpaired) electrons. The predicted octanol–water partition coefficient (Wildman–Crippen LogP) is 2.73. The third kappa shape index (κ3) is 6.53. The summed E-state index contributed by atoms with van der Waals surface area (Å²) < 4.78 is 7.44. The van der Waals surface area contributed by atoms with Gasteiger partial charge in [-0.1, -0.05) is 6.92 Å². The van der Waals surface area contributed by atoms with Crippen molar-refractivity contribution < 1.29 is 4.74 Å². The number of aromatic nitrogens is 1. The molecule has 31 heavy (non-hydrogen) atoms. The first-order valence-corrected chi connectivity index (χ1v) is 10.7. The molecule has 0 aliphatic carbocycles. The van der Waals surface area contributed by atoms with Crippen molar-refractivity contribution in [3.63, 3.8) is 0 Å². The lowest BCUT2D eigenvalue weighted by Crippen LogP contribution is -2.33. The molecule has 1 heterocycles. The summed E-state index contributed by atoms with van der Waals surface area (Å²) in [5.74, 6) is 0.829. The van der Waals surface area contributed by atoms with E-state index in [4.69, 9.17) is 17.0 Å². The van der Waals surface area contributed by atoms with Crippen LogP contribution < -0.4 is 26.2 Å². The summed E-state index contributed by atoms with van der Waals surface area (Å²) in [5, 5.41) is 15.8. The average Bonchev–Trinajstić information content (AvgIpc) is 3.07. The standard InChI is InChI=1S/C22H33N7OS/c1-7-23-14-25-27-21(15(3)26-28-22(31)24-8-2)19-13-20(29(5)16(19)4)17-9-11-18(30-6)12-10-17/h9-13,23,25H,7-8,14H2,1-6H3,(H2,24,28,31)/b26-15+,27-21-. The van der Waals surface area contributed by atoms with Gasteiger partial charge in [0.15, 0.2) is 5.11 Å². The Morgan fingerprint density at radius 2 is 1.84 bits per heavy atom. The Hall–Kier alpha value is -2.91. The molecule has 0 saturated carbocycles. The van der Waals surface area contributed by atoms with Crippen molar-refractivity contribution in [1.29, 1.82) is 0 Å². The number of thiocarbonyl (C=S) groups is 1. The molecule has 8 nitrogen and oxygen atoms in total. The summed E-state index contributed by atoms with van der Waals surface area (Å²) in [6.07, 6.45) is 0. The van der Waals surface area contributed by atoms with Gasteiger partial charge in [-0.25, -0.2) is 0 Å². The van der Waals surface area contributed by atoms with Gasteiger partial charge in [-0.05, 0) is 75.4 Å². The minimum Gasteiger partial charge on any atom is -0.497 e. The van der Waals surface area contributed by atoms with Crippen molar-refractivity contribution in [2.24, 2.45) is 17.3 Å². The molecule has 0 bridgehead atoms. The highest BCUT2D eigenvalue weighted by Gasteiger charge is 2.18. The smallest absolute Gasteiger partial charge is 0.186 e. The SMILES string of the molecule is CCNCN/N=C(/C(C)=N/NC(=S)NCC)c1cc(-c2ccc(OC)cc2)n(C)c1C. The molecule has 0 spiro atoms. The van der Waals surface area contributed by atoms with Gasteiger partial charge in [0.25, 0.3) is 0 Å². The highest BCUT2D eigenvalue weighted by molar-refractivity contribution is 7.80. The van der Waals surface area contributed by atoms with Gasteiger partial charge in [0, 0.05) is 30.5 Å². The Morgan fingerprint density at radius 3 is 2.45 bits per heavy atom. The number of methoxy groups -OCH3 is 1. The van der Waals surface area contributed by atoms with Crippen molar-refractivity contribution >= 4 is 28.8 Å². The first kappa shape index (κ1) is 24.4. The summed E-state index contributed by atoms with van der Waals surface area (Å²) in [6.45, 7) is 10.2. The Kier molecular flexibility index (Phi) is 9.48. The largest absolute Gasteiger partial charge is 0.497 e. The lowest BCUT2D eigenvalue weighted by Gasteiger charge is -2.10. The molecule has 2 rings (SSSR count). The van der Waals surface area contributed by atoms with Gasteiger partial charge in [0.2, 0.25) is 0 Å². The van der Waals surface area contributed by atoms with Gasteiger partial charge in [-0.3, -0.25) is 16.2 Å². The normalized spacial score (nSPS) is 11.9. The molecule has 1 aromatic heterocycles. The zero-order valence-corrected chi connectivity index (χ0v) is 20.0. The number of rotatable bonds is 10. The van der Waals surface area contributed by atoms with Gasteiger partial charge in [0.05, 0.1) is 19.5 Å². The van der Waals surface area contributed by atoms with E-state index in [1.807, 2.05) is 40.0 Å². The van der Waals surface area contributed by atoms with Crippen LogP contribution in [0.15, 0.2) is 40.5 Å². The molecule has 0 saturated heterocycles. The van der Waals surface area contributed by atoms with Gasteiger partial charge in [-0.2, -0.15) is 10.2 Å². The van der Waals surface area contributed by atoms with E-state index in [-0.39, 0.29) is 0 Å². The van der Waals surface area contributed by atoms with Crippen molar-refractivity contribution in [2.45, 2.75) is 27.7 Å². The molecule has 0 aliphatic rings. The van der Waals surface area contributed by atoms with Crippen molar-refractivity contribution in [1.82, 2.24) is 26.1 Å². The van der Waals surface area contributed by atoms with Crippen LogP contribution in [0.5, 0.6) is 5.75 Å². The fraction of sp³-hybridized carbons (Fsp3) is 0.409. The summed E-state index contributed by atoms with van der Waals surface area (Å²) in [4.78, 5) is 0. The van der Waals surface area contributed by atoms with E-state index in [2.05, 4.69) is 61.4 Å². The van der Waals surface area contributed by atoms with Crippen LogP contribution in [0.25, 0.3) is 11.3 Å². The second-order valence-electron chi connectivity index (χ2n) is 6.88. The molecule has 9 heteroatoms. The molecule has 0 atom stereocenters. The van der Waals surface area contributed by atoms with Crippen LogP contribution in [0.1, 0.15) is 32.0 Å². The van der Waals surface area contributed by atoms with Gasteiger partial charge in [0.1, 0.15) is 11.5 Å². The fourth-order valence-corrected chi connectivity index (χ4v) is 3.19. The number of nitrogens with one attached hydrogen (secondary N) is 4. The minimum absolute atomic E-state index is 0.477. The number of benzene rings is 1. The van der Waals surface area contributed by atoms with E-state index >= 15 is 0 Å². The number of hydrazone groups is 2. The topological polar surface area (TPSA) is 87.0 Å². The number of nitrogens with zero attached hydrogens (tertiary/aromatic N) is 3. The third-order valence-electron chi connectivity index (χ3n) is 4.83. The number of ether oxygens (including phenoxy) is 1. The summed E-state index contributed by atoms with van der Waals surface area (Å²) in [7, 11) is 3.72.